The molecule has 80 valence electrons. The van der Waals surface area contributed by atoms with Crippen LogP contribution in [0.5, 0.6) is 5.75 Å². The van der Waals surface area contributed by atoms with Gasteiger partial charge in [-0.05, 0) is 0 Å². The minimum atomic E-state index is -2.81. The fourth-order valence-electron chi connectivity index (χ4n) is 1.18. The van der Waals surface area contributed by atoms with Crippen molar-refractivity contribution in [3.05, 3.63) is 23.3 Å². The van der Waals surface area contributed by atoms with Crippen LogP contribution < -0.4 is 4.74 Å². The topological polar surface area (TPSA) is 45.9 Å². The van der Waals surface area contributed by atoms with Crippen molar-refractivity contribution in [2.45, 2.75) is 12.8 Å². The maximum absolute atomic E-state index is 13.0. The third kappa shape index (κ3) is 2.18. The predicted molar refractivity (Wildman–Crippen MR) is 45.0 cm³/mol. The Balaban J connectivity index is 3.36. The van der Waals surface area contributed by atoms with Gasteiger partial charge in [0.1, 0.15) is 0 Å². The number of methoxy groups -OCH3 is 1. The average Bonchev–Trinajstić information content (AvgIpc) is 2.18. The molecule has 0 spiro atoms. The van der Waals surface area contributed by atoms with Gasteiger partial charge in [-0.1, -0.05) is 0 Å². The number of rotatable bonds is 3. The van der Waals surface area contributed by atoms with E-state index in [0.717, 1.165) is 13.3 Å². The van der Waals surface area contributed by atoms with Crippen LogP contribution in [-0.2, 0) is 6.42 Å². The van der Waals surface area contributed by atoms with Gasteiger partial charge in [0.2, 0.25) is 0 Å². The number of alkyl halides is 2. The Morgan fingerprint density at radius 2 is 2.27 bits per heavy atom. The van der Waals surface area contributed by atoms with Crippen LogP contribution in [0.2, 0.25) is 0 Å². The van der Waals surface area contributed by atoms with Crippen LogP contribution in [0.3, 0.4) is 0 Å². The van der Waals surface area contributed by atoms with E-state index < -0.39 is 23.7 Å². The lowest BCUT2D eigenvalue weighted by molar-refractivity contribution is 0.149. The molecule has 1 rings (SSSR count). The quantitative estimate of drug-likeness (QED) is 0.728. The van der Waals surface area contributed by atoms with E-state index in [4.69, 9.17) is 5.26 Å². The van der Waals surface area contributed by atoms with Crippen molar-refractivity contribution in [1.82, 2.24) is 4.98 Å². The Bertz CT molecular complexity index is 401. The molecule has 1 aromatic rings. The van der Waals surface area contributed by atoms with Gasteiger partial charge in [0.05, 0.1) is 19.6 Å². The van der Waals surface area contributed by atoms with E-state index in [2.05, 4.69) is 9.72 Å². The van der Waals surface area contributed by atoms with Crippen molar-refractivity contribution in [3.63, 3.8) is 0 Å². The molecule has 0 fully saturated rings. The lowest BCUT2D eigenvalue weighted by Crippen LogP contribution is -2.03. The van der Waals surface area contributed by atoms with Crippen LogP contribution in [0.4, 0.5) is 13.2 Å². The average molecular weight is 216 g/mol. The van der Waals surface area contributed by atoms with E-state index in [1.807, 2.05) is 0 Å². The van der Waals surface area contributed by atoms with Crippen molar-refractivity contribution in [2.75, 3.05) is 7.11 Å². The minimum Gasteiger partial charge on any atom is -0.492 e. The highest BCUT2D eigenvalue weighted by Crippen LogP contribution is 2.30. The Morgan fingerprint density at radius 3 is 2.73 bits per heavy atom. The molecule has 0 radical (unpaired) electrons. The number of ether oxygens (including phenoxy) is 1. The molecule has 0 unspecified atom stereocenters. The number of nitriles is 1. The summed E-state index contributed by atoms with van der Waals surface area (Å²) >= 11 is 0. The van der Waals surface area contributed by atoms with Crippen molar-refractivity contribution in [3.8, 4) is 11.8 Å². The minimum absolute atomic E-state index is 0.150. The van der Waals surface area contributed by atoms with Gasteiger partial charge in [0, 0.05) is 17.3 Å². The van der Waals surface area contributed by atoms with Crippen LogP contribution in [0.15, 0.2) is 6.20 Å². The Hall–Kier alpha value is -1.77. The molecule has 0 bridgehead atoms. The van der Waals surface area contributed by atoms with Crippen molar-refractivity contribution < 1.29 is 17.9 Å². The molecule has 0 saturated carbocycles. The van der Waals surface area contributed by atoms with Gasteiger partial charge >= 0.3 is 0 Å². The molecule has 0 N–H and O–H groups in total. The van der Waals surface area contributed by atoms with E-state index >= 15 is 0 Å². The maximum atomic E-state index is 13.0. The number of pyridine rings is 1. The van der Waals surface area contributed by atoms with Gasteiger partial charge < -0.3 is 4.74 Å². The number of aromatic nitrogens is 1. The van der Waals surface area contributed by atoms with E-state index in [1.165, 1.54) is 0 Å². The molecule has 0 atom stereocenters. The first-order valence-corrected chi connectivity index (χ1v) is 3.98. The number of hydrogen-bond donors (Lipinski definition) is 0. The zero-order valence-electron chi connectivity index (χ0n) is 7.80. The molecule has 1 heterocycles. The van der Waals surface area contributed by atoms with Gasteiger partial charge in [0.15, 0.2) is 5.75 Å². The zero-order valence-corrected chi connectivity index (χ0v) is 7.80. The van der Waals surface area contributed by atoms with E-state index in [-0.39, 0.29) is 12.0 Å². The second-order valence-corrected chi connectivity index (χ2v) is 2.65. The summed E-state index contributed by atoms with van der Waals surface area (Å²) in [6.45, 7) is 0. The molecule has 3 nitrogen and oxygen atoms in total. The Labute approximate surface area is 84.1 Å². The molecule has 0 aliphatic heterocycles. The summed E-state index contributed by atoms with van der Waals surface area (Å²) < 4.78 is 42.6. The maximum Gasteiger partial charge on any atom is 0.265 e. The normalized spacial score (nSPS) is 10.1. The van der Waals surface area contributed by atoms with E-state index in [0.29, 0.717) is 0 Å². The first kappa shape index (κ1) is 11.3. The van der Waals surface area contributed by atoms with Crippen molar-refractivity contribution in [2.24, 2.45) is 0 Å². The standard InChI is InChI=1S/C9H7F3N2O/c1-15-7-5(2-3-13)6(8(10)11)4-14-9(7)12/h4,8H,2H2,1H3. The molecule has 6 heteroatoms. The van der Waals surface area contributed by atoms with Crippen LogP contribution in [0.25, 0.3) is 0 Å². The highest BCUT2D eigenvalue weighted by Gasteiger charge is 2.20. The predicted octanol–water partition coefficient (Wildman–Crippen LogP) is 2.23. The lowest BCUT2D eigenvalue weighted by Gasteiger charge is -2.10. The summed E-state index contributed by atoms with van der Waals surface area (Å²) in [6, 6.07) is 1.67. The van der Waals surface area contributed by atoms with E-state index in [1.54, 1.807) is 6.07 Å². The molecule has 0 amide bonds. The van der Waals surface area contributed by atoms with Crippen LogP contribution in [0.1, 0.15) is 17.6 Å². The third-order valence-corrected chi connectivity index (χ3v) is 1.82. The molecular weight excluding hydrogens is 209 g/mol. The summed E-state index contributed by atoms with van der Waals surface area (Å²) in [5.41, 5.74) is -0.627. The van der Waals surface area contributed by atoms with Gasteiger partial charge in [-0.2, -0.15) is 9.65 Å². The number of hydrogen-bond acceptors (Lipinski definition) is 3. The smallest absolute Gasteiger partial charge is 0.265 e. The van der Waals surface area contributed by atoms with Crippen LogP contribution in [0, 0.1) is 17.3 Å². The summed E-state index contributed by atoms with van der Waals surface area (Å²) in [4.78, 5) is 3.13. The molecule has 0 saturated heterocycles. The lowest BCUT2D eigenvalue weighted by atomic mass is 10.1. The highest BCUT2D eigenvalue weighted by atomic mass is 19.3. The summed E-state index contributed by atoms with van der Waals surface area (Å²) in [5, 5.41) is 8.44. The van der Waals surface area contributed by atoms with Gasteiger partial charge in [-0.3, -0.25) is 0 Å². The Morgan fingerprint density at radius 1 is 1.60 bits per heavy atom. The highest BCUT2D eigenvalue weighted by molar-refractivity contribution is 5.40. The molecule has 0 aromatic carbocycles. The fraction of sp³-hybridized carbons (Fsp3) is 0.333. The SMILES string of the molecule is COc1c(F)ncc(C(F)F)c1CC#N. The number of nitrogens with zero attached hydrogens (tertiary/aromatic N) is 2. The Kier molecular flexibility index (Phi) is 3.50. The zero-order chi connectivity index (χ0) is 11.4. The van der Waals surface area contributed by atoms with Gasteiger partial charge in [-0.15, -0.1) is 0 Å². The largest absolute Gasteiger partial charge is 0.492 e. The van der Waals surface area contributed by atoms with Crippen molar-refractivity contribution in [1.29, 1.82) is 5.26 Å². The van der Waals surface area contributed by atoms with Crippen molar-refractivity contribution >= 4 is 0 Å². The summed E-state index contributed by atoms with van der Waals surface area (Å²) in [7, 11) is 1.14. The second kappa shape index (κ2) is 4.64. The van der Waals surface area contributed by atoms with E-state index in [9.17, 15) is 13.2 Å². The monoisotopic (exact) mass is 216 g/mol. The van der Waals surface area contributed by atoms with Gasteiger partial charge in [-0.25, -0.2) is 13.8 Å². The molecule has 0 aliphatic carbocycles. The summed E-state index contributed by atoms with van der Waals surface area (Å²) in [6.07, 6.45) is -2.44. The molecule has 0 aliphatic rings. The molecule has 1 aromatic heterocycles. The first-order valence-electron chi connectivity index (χ1n) is 3.98. The second-order valence-electron chi connectivity index (χ2n) is 2.65. The van der Waals surface area contributed by atoms with Crippen LogP contribution in [-0.4, -0.2) is 12.1 Å². The van der Waals surface area contributed by atoms with Crippen LogP contribution >= 0.6 is 0 Å². The number of halogens is 3. The third-order valence-electron chi connectivity index (χ3n) is 1.82. The summed E-state index contributed by atoms with van der Waals surface area (Å²) in [5.74, 6) is -1.39. The molecular formula is C9H7F3N2O. The first-order chi connectivity index (χ1) is 7.11. The molecule has 15 heavy (non-hydrogen) atoms. The fourth-order valence-corrected chi connectivity index (χ4v) is 1.18. The van der Waals surface area contributed by atoms with Gasteiger partial charge in [0.25, 0.3) is 12.4 Å².